The van der Waals surface area contributed by atoms with Crippen LogP contribution < -0.4 is 5.43 Å². The third-order valence-corrected chi connectivity index (χ3v) is 7.41. The summed E-state index contributed by atoms with van der Waals surface area (Å²) in [5.74, 6) is -0.468. The normalized spacial score (nSPS) is 16.0. The standard InChI is InChI=1S/C20H22N4O5S/c1-13-19(14(2)22-21-13)30(27,28)24-9-5-8-23(10-11-24)20(26)18-12-16(25)15-6-3-4-7-17(15)29-18/h3-4,6-7,12H,5,8-11H2,1-2H3,(H,21,22). The second-order valence-corrected chi connectivity index (χ2v) is 9.16. The van der Waals surface area contributed by atoms with Gasteiger partial charge in [0.15, 0.2) is 11.2 Å². The number of hydrogen-bond acceptors (Lipinski definition) is 6. The fraction of sp³-hybridized carbons (Fsp3) is 0.350. The van der Waals surface area contributed by atoms with Crippen molar-refractivity contribution in [3.63, 3.8) is 0 Å². The Morgan fingerprint density at radius 1 is 1.13 bits per heavy atom. The van der Waals surface area contributed by atoms with Gasteiger partial charge in [-0.25, -0.2) is 8.42 Å². The van der Waals surface area contributed by atoms with Gasteiger partial charge >= 0.3 is 0 Å². The molecule has 0 radical (unpaired) electrons. The maximum atomic E-state index is 13.1. The zero-order chi connectivity index (χ0) is 21.5. The second kappa shape index (κ2) is 7.69. The summed E-state index contributed by atoms with van der Waals surface area (Å²) in [6.07, 6.45) is 0.471. The summed E-state index contributed by atoms with van der Waals surface area (Å²) >= 11 is 0. The summed E-state index contributed by atoms with van der Waals surface area (Å²) in [6.45, 7) is 4.32. The third kappa shape index (κ3) is 3.52. The van der Waals surface area contributed by atoms with Gasteiger partial charge in [0.25, 0.3) is 5.91 Å². The van der Waals surface area contributed by atoms with Gasteiger partial charge in [0.2, 0.25) is 10.0 Å². The molecule has 0 aliphatic carbocycles. The van der Waals surface area contributed by atoms with Gasteiger partial charge in [-0.15, -0.1) is 0 Å². The van der Waals surface area contributed by atoms with Crippen LogP contribution in [-0.2, 0) is 10.0 Å². The van der Waals surface area contributed by atoms with Crippen molar-refractivity contribution in [1.29, 1.82) is 0 Å². The highest BCUT2D eigenvalue weighted by atomic mass is 32.2. The number of carbonyl (C=O) groups excluding carboxylic acids is 1. The summed E-state index contributed by atoms with van der Waals surface area (Å²) in [4.78, 5) is 27.0. The fourth-order valence-electron chi connectivity index (χ4n) is 3.75. The Kier molecular flexibility index (Phi) is 5.20. The van der Waals surface area contributed by atoms with Crippen LogP contribution in [0.3, 0.4) is 0 Å². The van der Waals surface area contributed by atoms with E-state index in [-0.39, 0.29) is 35.7 Å². The highest BCUT2D eigenvalue weighted by molar-refractivity contribution is 7.89. The van der Waals surface area contributed by atoms with Gasteiger partial charge in [0.1, 0.15) is 10.5 Å². The molecule has 1 aliphatic heterocycles. The van der Waals surface area contributed by atoms with Crippen molar-refractivity contribution >= 4 is 26.9 Å². The predicted octanol–water partition coefficient (Wildman–Crippen LogP) is 1.67. The molecular weight excluding hydrogens is 408 g/mol. The zero-order valence-corrected chi connectivity index (χ0v) is 17.5. The molecule has 1 fully saturated rings. The lowest BCUT2D eigenvalue weighted by Gasteiger charge is -2.21. The summed E-state index contributed by atoms with van der Waals surface area (Å²) in [5, 5.41) is 7.09. The highest BCUT2D eigenvalue weighted by Crippen LogP contribution is 2.23. The van der Waals surface area contributed by atoms with Gasteiger partial charge in [0.05, 0.1) is 16.8 Å². The number of H-pyrrole nitrogens is 1. The molecule has 0 unspecified atom stereocenters. The Morgan fingerprint density at radius 2 is 1.90 bits per heavy atom. The van der Waals surface area contributed by atoms with Crippen molar-refractivity contribution in [2.75, 3.05) is 26.2 Å². The number of para-hydroxylation sites is 1. The van der Waals surface area contributed by atoms with E-state index >= 15 is 0 Å². The maximum Gasteiger partial charge on any atom is 0.289 e. The van der Waals surface area contributed by atoms with Crippen LogP contribution in [-0.4, -0.2) is 59.9 Å². The second-order valence-electron chi connectivity index (χ2n) is 7.28. The Labute approximate surface area is 173 Å². The van der Waals surface area contributed by atoms with E-state index in [1.165, 1.54) is 15.3 Å². The number of aryl methyl sites for hydroxylation is 2. The Balaban J connectivity index is 1.56. The first-order valence-corrected chi connectivity index (χ1v) is 11.1. The molecule has 3 aromatic rings. The van der Waals surface area contributed by atoms with Crippen LogP contribution in [0.15, 0.2) is 44.4 Å². The van der Waals surface area contributed by atoms with Gasteiger partial charge in [-0.2, -0.15) is 9.40 Å². The third-order valence-electron chi connectivity index (χ3n) is 5.25. The molecule has 1 saturated heterocycles. The molecule has 1 aliphatic rings. The first kappa shape index (κ1) is 20.3. The number of aromatic nitrogens is 2. The minimum atomic E-state index is -3.72. The number of carbonyl (C=O) groups is 1. The topological polar surface area (TPSA) is 117 Å². The van der Waals surface area contributed by atoms with E-state index in [1.807, 2.05) is 0 Å². The summed E-state index contributed by atoms with van der Waals surface area (Å²) < 4.78 is 33.2. The molecule has 0 atom stereocenters. The Bertz CT molecular complexity index is 1260. The monoisotopic (exact) mass is 430 g/mol. The van der Waals surface area contributed by atoms with Gasteiger partial charge in [-0.05, 0) is 32.4 Å². The van der Waals surface area contributed by atoms with E-state index in [4.69, 9.17) is 4.42 Å². The molecule has 158 valence electrons. The molecule has 0 saturated carbocycles. The van der Waals surface area contributed by atoms with E-state index in [2.05, 4.69) is 10.2 Å². The van der Waals surface area contributed by atoms with Gasteiger partial charge in [0, 0.05) is 32.2 Å². The molecule has 10 heteroatoms. The van der Waals surface area contributed by atoms with E-state index in [0.717, 1.165) is 0 Å². The van der Waals surface area contributed by atoms with Crippen LogP contribution >= 0.6 is 0 Å². The van der Waals surface area contributed by atoms with E-state index in [1.54, 1.807) is 38.1 Å². The van der Waals surface area contributed by atoms with E-state index < -0.39 is 15.9 Å². The molecule has 30 heavy (non-hydrogen) atoms. The van der Waals surface area contributed by atoms with E-state index in [0.29, 0.717) is 35.3 Å². The number of fused-ring (bicyclic) bond motifs is 1. The van der Waals surface area contributed by atoms with Crippen LogP contribution in [0.5, 0.6) is 0 Å². The number of rotatable bonds is 3. The molecule has 4 rings (SSSR count). The molecule has 0 spiro atoms. The smallest absolute Gasteiger partial charge is 0.289 e. The van der Waals surface area contributed by atoms with Crippen LogP contribution in [0.25, 0.3) is 11.0 Å². The van der Waals surface area contributed by atoms with Crippen molar-refractivity contribution in [2.45, 2.75) is 25.2 Å². The summed E-state index contributed by atoms with van der Waals surface area (Å²) in [5.41, 5.74) is 0.966. The number of nitrogens with one attached hydrogen (secondary N) is 1. The number of sulfonamides is 1. The molecule has 2 aromatic heterocycles. The number of nitrogens with zero attached hydrogens (tertiary/aromatic N) is 3. The molecule has 9 nitrogen and oxygen atoms in total. The van der Waals surface area contributed by atoms with Crippen LogP contribution in [0.1, 0.15) is 28.4 Å². The van der Waals surface area contributed by atoms with Gasteiger partial charge < -0.3 is 9.32 Å². The number of aromatic amines is 1. The molecule has 3 heterocycles. The van der Waals surface area contributed by atoms with Crippen molar-refractivity contribution in [3.05, 3.63) is 57.7 Å². The van der Waals surface area contributed by atoms with Gasteiger partial charge in [-0.1, -0.05) is 12.1 Å². The number of hydrogen-bond donors (Lipinski definition) is 1. The van der Waals surface area contributed by atoms with E-state index in [9.17, 15) is 18.0 Å². The molecule has 1 N–H and O–H groups in total. The SMILES string of the molecule is Cc1n[nH]c(C)c1S(=O)(=O)N1CCCN(C(=O)c2cc(=O)c3ccccc3o2)CC1. The predicted molar refractivity (Wildman–Crippen MR) is 110 cm³/mol. The number of benzene rings is 1. The Hall–Kier alpha value is -2.98. The number of amides is 1. The van der Waals surface area contributed by atoms with Crippen LogP contribution in [0, 0.1) is 13.8 Å². The first-order valence-electron chi connectivity index (χ1n) is 9.63. The highest BCUT2D eigenvalue weighted by Gasteiger charge is 2.32. The lowest BCUT2D eigenvalue weighted by molar-refractivity contribution is 0.0733. The van der Waals surface area contributed by atoms with Crippen molar-refractivity contribution in [2.24, 2.45) is 0 Å². The van der Waals surface area contributed by atoms with Crippen LogP contribution in [0.2, 0.25) is 0 Å². The Morgan fingerprint density at radius 3 is 2.63 bits per heavy atom. The first-order chi connectivity index (χ1) is 14.3. The largest absolute Gasteiger partial charge is 0.451 e. The van der Waals surface area contributed by atoms with Crippen molar-refractivity contribution in [3.8, 4) is 0 Å². The average Bonchev–Trinajstić information content (AvgIpc) is 2.92. The zero-order valence-electron chi connectivity index (χ0n) is 16.7. The summed E-state index contributed by atoms with van der Waals surface area (Å²) in [6, 6.07) is 7.94. The lowest BCUT2D eigenvalue weighted by Crippen LogP contribution is -2.37. The minimum Gasteiger partial charge on any atom is -0.451 e. The molecule has 1 aromatic carbocycles. The molecule has 0 bridgehead atoms. The van der Waals surface area contributed by atoms with Crippen molar-refractivity contribution < 1.29 is 17.6 Å². The average molecular weight is 430 g/mol. The minimum absolute atomic E-state index is 0.0449. The van der Waals surface area contributed by atoms with Crippen LogP contribution in [0.4, 0.5) is 0 Å². The molecular formula is C20H22N4O5S. The van der Waals surface area contributed by atoms with Crippen molar-refractivity contribution in [1.82, 2.24) is 19.4 Å². The maximum absolute atomic E-state index is 13.1. The lowest BCUT2D eigenvalue weighted by atomic mass is 10.2. The fourth-order valence-corrected chi connectivity index (χ4v) is 5.55. The molecule has 1 amide bonds. The van der Waals surface area contributed by atoms with Gasteiger partial charge in [-0.3, -0.25) is 14.7 Å². The quantitative estimate of drug-likeness (QED) is 0.676. The summed E-state index contributed by atoms with van der Waals surface area (Å²) in [7, 11) is -3.72.